The lowest BCUT2D eigenvalue weighted by Crippen LogP contribution is -2.35. The zero-order valence-electron chi connectivity index (χ0n) is 11.8. The molecule has 0 aromatic heterocycles. The Morgan fingerprint density at radius 1 is 1.29 bits per heavy atom. The topological polar surface area (TPSA) is 55.9 Å². The van der Waals surface area contributed by atoms with Gasteiger partial charge in [0.1, 0.15) is 23.1 Å². The molecule has 2 saturated heterocycles. The summed E-state index contributed by atoms with van der Waals surface area (Å²) < 4.78 is 12.2. The molecule has 21 heavy (non-hydrogen) atoms. The van der Waals surface area contributed by atoms with Gasteiger partial charge in [0.15, 0.2) is 11.6 Å². The van der Waals surface area contributed by atoms with Gasteiger partial charge in [-0.25, -0.2) is 0 Å². The number of fused-ring (bicyclic) bond motifs is 2. The summed E-state index contributed by atoms with van der Waals surface area (Å²) in [7, 11) is 0. The van der Waals surface area contributed by atoms with Crippen molar-refractivity contribution in [1.82, 2.24) is 0 Å². The molecule has 0 amide bonds. The highest BCUT2D eigenvalue weighted by Gasteiger charge is 2.74. The molecule has 0 radical (unpaired) electrons. The Morgan fingerprint density at radius 2 is 2.14 bits per heavy atom. The fraction of sp³-hybridized carbons (Fsp3) is 0.529. The Kier molecular flexibility index (Phi) is 1.83. The molecule has 0 aromatic rings. The minimum atomic E-state index is -0.431. The highest BCUT2D eigenvalue weighted by Crippen LogP contribution is 2.67. The van der Waals surface area contributed by atoms with Crippen molar-refractivity contribution in [3.8, 4) is 0 Å². The Morgan fingerprint density at radius 3 is 3.00 bits per heavy atom. The average molecular weight is 284 g/mol. The summed E-state index contributed by atoms with van der Waals surface area (Å²) in [5.74, 6) is 0.984. The van der Waals surface area contributed by atoms with Crippen molar-refractivity contribution in [2.24, 2.45) is 5.41 Å². The van der Waals surface area contributed by atoms with Crippen LogP contribution < -0.4 is 0 Å². The van der Waals surface area contributed by atoms with E-state index >= 15 is 0 Å². The summed E-state index contributed by atoms with van der Waals surface area (Å²) in [5, 5.41) is 0. The zero-order chi connectivity index (χ0) is 14.5. The van der Waals surface area contributed by atoms with Crippen LogP contribution in [-0.4, -0.2) is 28.9 Å². The average Bonchev–Trinajstić information content (AvgIpc) is 3.08. The molecule has 3 aliphatic carbocycles. The molecule has 108 valence electrons. The summed E-state index contributed by atoms with van der Waals surface area (Å²) >= 11 is 0. The van der Waals surface area contributed by atoms with Crippen LogP contribution in [0.3, 0.4) is 0 Å². The molecule has 2 spiro atoms. The Labute approximate surface area is 122 Å². The van der Waals surface area contributed by atoms with Gasteiger partial charge in [-0.05, 0) is 43.6 Å². The van der Waals surface area contributed by atoms with Crippen LogP contribution in [0.25, 0.3) is 0 Å². The van der Waals surface area contributed by atoms with Crippen LogP contribution in [0, 0.1) is 5.41 Å². The molecule has 0 unspecified atom stereocenters. The van der Waals surface area contributed by atoms with Gasteiger partial charge in [-0.1, -0.05) is 0 Å². The standard InChI is InChI=1S/C17H16O4/c1-15-9-16(4-2-12(19)7-13(16)20-15)8-10-6-11(18)3-5-17(10)14(15)21-17/h3,5-7,14H,2,4,8-9H2,1H3/t14-,15+,16+,17+/m0/s1. The van der Waals surface area contributed by atoms with E-state index in [0.717, 1.165) is 30.6 Å². The van der Waals surface area contributed by atoms with Gasteiger partial charge < -0.3 is 9.47 Å². The fourth-order valence-corrected chi connectivity index (χ4v) is 4.82. The minimum absolute atomic E-state index is 0.0301. The Balaban J connectivity index is 1.69. The zero-order valence-corrected chi connectivity index (χ0v) is 11.8. The van der Waals surface area contributed by atoms with Crippen LogP contribution in [0.1, 0.15) is 32.6 Å². The molecule has 3 fully saturated rings. The first-order valence-corrected chi connectivity index (χ1v) is 7.52. The first-order valence-electron chi connectivity index (χ1n) is 7.52. The van der Waals surface area contributed by atoms with Gasteiger partial charge >= 0.3 is 0 Å². The van der Waals surface area contributed by atoms with Crippen molar-refractivity contribution in [2.75, 3.05) is 0 Å². The van der Waals surface area contributed by atoms with E-state index in [2.05, 4.69) is 6.92 Å². The number of allylic oxidation sites excluding steroid dienone is 4. The molecule has 1 saturated carbocycles. The van der Waals surface area contributed by atoms with E-state index < -0.39 is 11.2 Å². The highest BCUT2D eigenvalue weighted by molar-refractivity contribution is 6.02. The number of ketones is 2. The van der Waals surface area contributed by atoms with Gasteiger partial charge in [0.25, 0.3) is 0 Å². The van der Waals surface area contributed by atoms with E-state index in [1.165, 1.54) is 0 Å². The predicted octanol–water partition coefficient (Wildman–Crippen LogP) is 2.01. The second-order valence-electron chi connectivity index (χ2n) is 7.22. The van der Waals surface area contributed by atoms with Gasteiger partial charge in [-0.3, -0.25) is 9.59 Å². The second kappa shape index (κ2) is 3.22. The van der Waals surface area contributed by atoms with Crippen molar-refractivity contribution < 1.29 is 19.1 Å². The molecule has 2 heterocycles. The first-order chi connectivity index (χ1) is 9.96. The first kappa shape index (κ1) is 11.9. The molecule has 2 bridgehead atoms. The van der Waals surface area contributed by atoms with Gasteiger partial charge in [0, 0.05) is 24.3 Å². The SMILES string of the molecule is C[C@]12C[C@@]3(CCC(=O)C=C3O1)CC1=CC(=O)C=C[C@@]13O[C@@H]23. The summed E-state index contributed by atoms with van der Waals surface area (Å²) in [6.07, 6.45) is 9.85. The normalized spacial score (nSPS) is 49.3. The number of ether oxygens (including phenoxy) is 2. The number of hydrogen-bond donors (Lipinski definition) is 0. The molecule has 0 aromatic carbocycles. The van der Waals surface area contributed by atoms with Gasteiger partial charge in [-0.2, -0.15) is 0 Å². The van der Waals surface area contributed by atoms with Crippen molar-refractivity contribution in [1.29, 1.82) is 0 Å². The molecule has 4 nitrogen and oxygen atoms in total. The third-order valence-electron chi connectivity index (χ3n) is 5.74. The van der Waals surface area contributed by atoms with Crippen LogP contribution in [0.2, 0.25) is 0 Å². The fourth-order valence-electron chi connectivity index (χ4n) is 4.82. The minimum Gasteiger partial charge on any atom is -0.488 e. The van der Waals surface area contributed by atoms with E-state index in [-0.39, 0.29) is 23.1 Å². The largest absolute Gasteiger partial charge is 0.488 e. The van der Waals surface area contributed by atoms with Crippen molar-refractivity contribution >= 4 is 11.6 Å². The molecule has 4 atom stereocenters. The highest BCUT2D eigenvalue weighted by atomic mass is 16.6. The maximum absolute atomic E-state index is 11.8. The molecule has 0 N–H and O–H groups in total. The molecule has 2 aliphatic heterocycles. The summed E-state index contributed by atoms with van der Waals surface area (Å²) in [5.41, 5.74) is 0.104. The number of carbonyl (C=O) groups excluding carboxylic acids is 2. The number of rotatable bonds is 0. The lowest BCUT2D eigenvalue weighted by Gasteiger charge is -2.33. The van der Waals surface area contributed by atoms with Crippen LogP contribution in [0.5, 0.6) is 0 Å². The smallest absolute Gasteiger partial charge is 0.178 e. The quantitative estimate of drug-likeness (QED) is 0.638. The molecular formula is C17H16O4. The van der Waals surface area contributed by atoms with Crippen molar-refractivity contribution in [3.63, 3.8) is 0 Å². The second-order valence-corrected chi connectivity index (χ2v) is 7.22. The summed E-state index contributed by atoms with van der Waals surface area (Å²) in [6.45, 7) is 2.07. The third kappa shape index (κ3) is 1.30. The maximum Gasteiger partial charge on any atom is 0.178 e. The van der Waals surface area contributed by atoms with Crippen LogP contribution >= 0.6 is 0 Å². The van der Waals surface area contributed by atoms with Crippen molar-refractivity contribution in [2.45, 2.75) is 49.9 Å². The number of epoxide rings is 1. The Hall–Kier alpha value is -1.68. The third-order valence-corrected chi connectivity index (χ3v) is 5.74. The van der Waals surface area contributed by atoms with E-state index in [1.54, 1.807) is 18.2 Å². The van der Waals surface area contributed by atoms with E-state index in [1.807, 2.05) is 6.08 Å². The van der Waals surface area contributed by atoms with Gasteiger partial charge in [0.2, 0.25) is 0 Å². The van der Waals surface area contributed by atoms with Gasteiger partial charge in [-0.15, -0.1) is 0 Å². The number of carbonyl (C=O) groups is 2. The lowest BCUT2D eigenvalue weighted by atomic mass is 9.70. The van der Waals surface area contributed by atoms with E-state index in [4.69, 9.17) is 9.47 Å². The molecular weight excluding hydrogens is 268 g/mol. The molecule has 4 heteroatoms. The predicted molar refractivity (Wildman–Crippen MR) is 73.3 cm³/mol. The van der Waals surface area contributed by atoms with Crippen LogP contribution in [0.4, 0.5) is 0 Å². The molecule has 5 rings (SSSR count). The lowest BCUT2D eigenvalue weighted by molar-refractivity contribution is -0.116. The molecule has 5 aliphatic rings. The van der Waals surface area contributed by atoms with Crippen molar-refractivity contribution in [3.05, 3.63) is 35.6 Å². The summed E-state index contributed by atoms with van der Waals surface area (Å²) in [6, 6.07) is 0. The van der Waals surface area contributed by atoms with Crippen LogP contribution in [0.15, 0.2) is 35.6 Å². The van der Waals surface area contributed by atoms with E-state index in [9.17, 15) is 9.59 Å². The maximum atomic E-state index is 11.8. The monoisotopic (exact) mass is 284 g/mol. The van der Waals surface area contributed by atoms with E-state index in [0.29, 0.717) is 6.42 Å². The van der Waals surface area contributed by atoms with Crippen LogP contribution in [-0.2, 0) is 19.1 Å². The Bertz CT molecular complexity index is 700. The number of hydrogen-bond acceptors (Lipinski definition) is 4. The summed E-state index contributed by atoms with van der Waals surface area (Å²) in [4.78, 5) is 23.5. The van der Waals surface area contributed by atoms with Gasteiger partial charge in [0.05, 0.1) is 0 Å².